The monoisotopic (exact) mass is 281 g/mol. The number of tetrazole rings is 1. The van der Waals surface area contributed by atoms with E-state index < -0.39 is 12.0 Å². The van der Waals surface area contributed by atoms with Crippen molar-refractivity contribution in [2.24, 2.45) is 0 Å². The fraction of sp³-hybridized carbons (Fsp3) is 0.300. The van der Waals surface area contributed by atoms with Crippen LogP contribution in [-0.2, 0) is 16.1 Å². The zero-order valence-corrected chi connectivity index (χ0v) is 10.9. The number of carbonyl (C=O) groups is 2. The third kappa shape index (κ3) is 3.58. The summed E-state index contributed by atoms with van der Waals surface area (Å²) in [5.41, 5.74) is 0. The van der Waals surface area contributed by atoms with E-state index in [4.69, 9.17) is 0 Å². The number of carbonyl (C=O) groups excluding carboxylic acids is 2. The van der Waals surface area contributed by atoms with Gasteiger partial charge in [-0.2, -0.15) is 4.80 Å². The van der Waals surface area contributed by atoms with Crippen molar-refractivity contribution in [3.05, 3.63) is 17.5 Å². The highest BCUT2D eigenvalue weighted by Gasteiger charge is 2.12. The van der Waals surface area contributed by atoms with Gasteiger partial charge < -0.3 is 4.74 Å². The van der Waals surface area contributed by atoms with Gasteiger partial charge in [-0.15, -0.1) is 21.5 Å². The second-order valence-corrected chi connectivity index (χ2v) is 4.34. The van der Waals surface area contributed by atoms with Gasteiger partial charge in [-0.05, 0) is 23.6 Å². The van der Waals surface area contributed by atoms with Crippen molar-refractivity contribution in [1.82, 2.24) is 25.5 Å². The third-order valence-electron chi connectivity index (χ3n) is 2.00. The maximum absolute atomic E-state index is 11.5. The lowest BCUT2D eigenvalue weighted by Gasteiger charge is -2.02. The molecule has 100 valence electrons. The Labute approximate surface area is 112 Å². The summed E-state index contributed by atoms with van der Waals surface area (Å²) in [5, 5.41) is 15.5. The molecule has 2 aromatic heterocycles. The first kappa shape index (κ1) is 13.1. The molecule has 0 atom stereocenters. The fourth-order valence-electron chi connectivity index (χ4n) is 1.26. The van der Waals surface area contributed by atoms with Crippen molar-refractivity contribution in [3.63, 3.8) is 0 Å². The average Bonchev–Trinajstić information content (AvgIpc) is 2.98. The number of ether oxygens (including phenoxy) is 1. The summed E-state index contributed by atoms with van der Waals surface area (Å²) < 4.78 is 4.58. The van der Waals surface area contributed by atoms with E-state index in [0.29, 0.717) is 5.82 Å². The largest absolute Gasteiger partial charge is 0.450 e. The topological polar surface area (TPSA) is 99.0 Å². The average molecular weight is 281 g/mol. The van der Waals surface area contributed by atoms with Gasteiger partial charge in [-0.25, -0.2) is 4.79 Å². The van der Waals surface area contributed by atoms with Gasteiger partial charge in [0.25, 0.3) is 5.91 Å². The molecule has 2 heterocycles. The van der Waals surface area contributed by atoms with Crippen molar-refractivity contribution >= 4 is 23.3 Å². The molecule has 0 saturated carbocycles. The zero-order valence-electron chi connectivity index (χ0n) is 10.1. The number of rotatable bonds is 4. The van der Waals surface area contributed by atoms with Crippen molar-refractivity contribution < 1.29 is 14.3 Å². The molecular formula is C10H11N5O3S. The van der Waals surface area contributed by atoms with E-state index in [-0.39, 0.29) is 13.2 Å². The van der Waals surface area contributed by atoms with Gasteiger partial charge in [0.15, 0.2) is 0 Å². The van der Waals surface area contributed by atoms with E-state index in [9.17, 15) is 9.59 Å². The second-order valence-electron chi connectivity index (χ2n) is 3.39. The van der Waals surface area contributed by atoms with Gasteiger partial charge in [0.2, 0.25) is 5.82 Å². The normalized spacial score (nSPS) is 10.2. The molecule has 0 saturated heterocycles. The van der Waals surface area contributed by atoms with Crippen LogP contribution in [0.25, 0.3) is 10.7 Å². The van der Waals surface area contributed by atoms with Crippen molar-refractivity contribution in [1.29, 1.82) is 0 Å². The summed E-state index contributed by atoms with van der Waals surface area (Å²) >= 11 is 1.47. The molecule has 19 heavy (non-hydrogen) atoms. The van der Waals surface area contributed by atoms with Crippen LogP contribution in [0.3, 0.4) is 0 Å². The summed E-state index contributed by atoms with van der Waals surface area (Å²) in [6.07, 6.45) is -0.786. The minimum absolute atomic E-state index is 0.197. The van der Waals surface area contributed by atoms with Crippen LogP contribution in [0.4, 0.5) is 4.79 Å². The van der Waals surface area contributed by atoms with Crippen LogP contribution in [0.15, 0.2) is 17.5 Å². The van der Waals surface area contributed by atoms with Gasteiger partial charge in [0.05, 0.1) is 11.5 Å². The Morgan fingerprint density at radius 1 is 1.53 bits per heavy atom. The van der Waals surface area contributed by atoms with Crippen LogP contribution in [0.5, 0.6) is 0 Å². The lowest BCUT2D eigenvalue weighted by molar-refractivity contribution is -0.121. The number of amides is 2. The number of thiophene rings is 1. The van der Waals surface area contributed by atoms with Crippen LogP contribution in [0, 0.1) is 0 Å². The molecule has 0 aliphatic carbocycles. The number of hydrogen-bond acceptors (Lipinski definition) is 7. The summed E-state index contributed by atoms with van der Waals surface area (Å²) in [4.78, 5) is 24.4. The Morgan fingerprint density at radius 3 is 3.05 bits per heavy atom. The molecule has 0 spiro atoms. The lowest BCUT2D eigenvalue weighted by Crippen LogP contribution is -2.34. The Kier molecular flexibility index (Phi) is 4.18. The second kappa shape index (κ2) is 6.05. The number of aromatic nitrogens is 4. The number of nitrogens with zero attached hydrogens (tertiary/aromatic N) is 4. The Bertz CT molecular complexity index is 565. The van der Waals surface area contributed by atoms with Crippen LogP contribution in [0.2, 0.25) is 0 Å². The lowest BCUT2D eigenvalue weighted by atomic mass is 10.5. The molecular weight excluding hydrogens is 270 g/mol. The fourth-order valence-corrected chi connectivity index (χ4v) is 1.91. The van der Waals surface area contributed by atoms with Gasteiger partial charge in [0, 0.05) is 0 Å². The molecule has 2 aromatic rings. The quantitative estimate of drug-likeness (QED) is 0.884. The molecule has 0 aliphatic heterocycles. The van der Waals surface area contributed by atoms with Crippen molar-refractivity contribution in [2.75, 3.05) is 6.61 Å². The maximum atomic E-state index is 11.5. The van der Waals surface area contributed by atoms with E-state index in [1.807, 2.05) is 22.8 Å². The maximum Gasteiger partial charge on any atom is 0.413 e. The van der Waals surface area contributed by atoms with E-state index in [1.165, 1.54) is 11.3 Å². The highest BCUT2D eigenvalue weighted by molar-refractivity contribution is 7.13. The van der Waals surface area contributed by atoms with Crippen molar-refractivity contribution in [2.45, 2.75) is 13.5 Å². The molecule has 0 aromatic carbocycles. The predicted molar refractivity (Wildman–Crippen MR) is 66.3 cm³/mol. The summed E-state index contributed by atoms with van der Waals surface area (Å²) in [7, 11) is 0. The predicted octanol–water partition coefficient (Wildman–Crippen LogP) is 0.674. The highest BCUT2D eigenvalue weighted by atomic mass is 32.1. The molecule has 0 fully saturated rings. The molecule has 0 bridgehead atoms. The summed E-state index contributed by atoms with van der Waals surface area (Å²) in [6, 6.07) is 3.72. The molecule has 8 nitrogen and oxygen atoms in total. The van der Waals surface area contributed by atoms with Crippen LogP contribution in [-0.4, -0.2) is 38.8 Å². The molecule has 2 rings (SSSR count). The van der Waals surface area contributed by atoms with E-state index in [0.717, 1.165) is 9.67 Å². The number of hydrogen-bond donors (Lipinski definition) is 1. The minimum Gasteiger partial charge on any atom is -0.450 e. The molecule has 9 heteroatoms. The Morgan fingerprint density at radius 2 is 2.37 bits per heavy atom. The Balaban J connectivity index is 1.93. The van der Waals surface area contributed by atoms with Crippen LogP contribution < -0.4 is 5.32 Å². The van der Waals surface area contributed by atoms with Gasteiger partial charge in [0.1, 0.15) is 6.54 Å². The molecule has 0 radical (unpaired) electrons. The van der Waals surface area contributed by atoms with Gasteiger partial charge in [-0.3, -0.25) is 10.1 Å². The summed E-state index contributed by atoms with van der Waals surface area (Å²) in [5.74, 6) is -0.118. The first-order valence-corrected chi connectivity index (χ1v) is 6.35. The highest BCUT2D eigenvalue weighted by Crippen LogP contribution is 2.19. The van der Waals surface area contributed by atoms with E-state index >= 15 is 0 Å². The van der Waals surface area contributed by atoms with E-state index in [1.54, 1.807) is 6.92 Å². The number of nitrogens with one attached hydrogen (secondary N) is 1. The summed E-state index contributed by atoms with van der Waals surface area (Å²) in [6.45, 7) is 1.65. The molecule has 2 amide bonds. The van der Waals surface area contributed by atoms with Crippen LogP contribution >= 0.6 is 11.3 Å². The first-order valence-electron chi connectivity index (χ1n) is 5.47. The van der Waals surface area contributed by atoms with Gasteiger partial charge in [-0.1, -0.05) is 6.07 Å². The van der Waals surface area contributed by atoms with Crippen LogP contribution in [0.1, 0.15) is 6.92 Å². The molecule has 0 aliphatic rings. The first-order chi connectivity index (χ1) is 9.19. The smallest absolute Gasteiger partial charge is 0.413 e. The molecule has 1 N–H and O–H groups in total. The SMILES string of the molecule is CCOC(=O)NC(=O)Cn1nnc(-c2cccs2)n1. The minimum atomic E-state index is -0.786. The Hall–Kier alpha value is -2.29. The zero-order chi connectivity index (χ0) is 13.7. The molecule has 0 unspecified atom stereocenters. The van der Waals surface area contributed by atoms with Crippen molar-refractivity contribution in [3.8, 4) is 10.7 Å². The third-order valence-corrected chi connectivity index (χ3v) is 2.86. The number of alkyl carbamates (subject to hydrolysis) is 1. The number of imide groups is 1. The van der Waals surface area contributed by atoms with E-state index in [2.05, 4.69) is 20.1 Å². The standard InChI is InChI=1S/C10H11N5O3S/c1-2-18-10(17)11-8(16)6-15-13-9(12-14-15)7-4-3-5-19-7/h3-5H,2,6H2,1H3,(H,11,16,17). The van der Waals surface area contributed by atoms with Gasteiger partial charge >= 0.3 is 6.09 Å².